The predicted molar refractivity (Wildman–Crippen MR) is 104 cm³/mol. The van der Waals surface area contributed by atoms with Crippen molar-refractivity contribution in [1.82, 2.24) is 19.5 Å². The SMILES string of the molecule is CS(=O)(=O)CC(=O)N1CCC[C@H](c2nc3ccc(N4CCOCC4)cn3n2)C1. The number of aromatic nitrogens is 3. The molecule has 9 nitrogen and oxygen atoms in total. The number of sulfone groups is 1. The zero-order valence-electron chi connectivity index (χ0n) is 16.0. The molecule has 152 valence electrons. The van der Waals surface area contributed by atoms with Gasteiger partial charge in [-0.3, -0.25) is 4.79 Å². The van der Waals surface area contributed by atoms with E-state index in [9.17, 15) is 13.2 Å². The van der Waals surface area contributed by atoms with Gasteiger partial charge in [-0.15, -0.1) is 0 Å². The second-order valence-corrected chi connectivity index (χ2v) is 9.65. The summed E-state index contributed by atoms with van der Waals surface area (Å²) in [6, 6.07) is 4.00. The van der Waals surface area contributed by atoms with Crippen molar-refractivity contribution in [3.8, 4) is 0 Å². The minimum absolute atomic E-state index is 0.0176. The Morgan fingerprint density at radius 3 is 2.79 bits per heavy atom. The molecule has 0 bridgehead atoms. The lowest BCUT2D eigenvalue weighted by Crippen LogP contribution is -2.42. The highest BCUT2D eigenvalue weighted by Crippen LogP contribution is 2.26. The van der Waals surface area contributed by atoms with Crippen molar-refractivity contribution in [2.75, 3.05) is 56.3 Å². The van der Waals surface area contributed by atoms with E-state index in [4.69, 9.17) is 4.74 Å². The van der Waals surface area contributed by atoms with Crippen molar-refractivity contribution in [3.05, 3.63) is 24.2 Å². The second kappa shape index (κ2) is 7.67. The van der Waals surface area contributed by atoms with Crippen LogP contribution in [0, 0.1) is 0 Å². The van der Waals surface area contributed by atoms with Crippen LogP contribution in [0.1, 0.15) is 24.6 Å². The van der Waals surface area contributed by atoms with Gasteiger partial charge in [0.1, 0.15) is 5.75 Å². The summed E-state index contributed by atoms with van der Waals surface area (Å²) in [6.45, 7) is 4.20. The molecule has 2 aliphatic heterocycles. The van der Waals surface area contributed by atoms with Gasteiger partial charge in [-0.1, -0.05) is 0 Å². The number of pyridine rings is 1. The van der Waals surface area contributed by atoms with Crippen molar-refractivity contribution < 1.29 is 17.9 Å². The fourth-order valence-corrected chi connectivity index (χ4v) is 4.43. The van der Waals surface area contributed by atoms with E-state index in [2.05, 4.69) is 15.0 Å². The fraction of sp³-hybridized carbons (Fsp3) is 0.611. The largest absolute Gasteiger partial charge is 0.378 e. The van der Waals surface area contributed by atoms with Crippen LogP contribution in [0.15, 0.2) is 18.3 Å². The maximum atomic E-state index is 12.3. The van der Waals surface area contributed by atoms with Crippen LogP contribution < -0.4 is 4.90 Å². The van der Waals surface area contributed by atoms with E-state index < -0.39 is 15.6 Å². The summed E-state index contributed by atoms with van der Waals surface area (Å²) < 4.78 is 30.1. The molecule has 4 rings (SSSR count). The highest BCUT2D eigenvalue weighted by Gasteiger charge is 2.29. The molecule has 0 unspecified atom stereocenters. The summed E-state index contributed by atoms with van der Waals surface area (Å²) in [6.07, 6.45) is 4.76. The smallest absolute Gasteiger partial charge is 0.237 e. The third-order valence-electron chi connectivity index (χ3n) is 5.23. The Hall–Kier alpha value is -2.20. The average Bonchev–Trinajstić information content (AvgIpc) is 3.11. The number of morpholine rings is 1. The summed E-state index contributed by atoms with van der Waals surface area (Å²) >= 11 is 0. The number of fused-ring (bicyclic) bond motifs is 1. The van der Waals surface area contributed by atoms with Crippen molar-refractivity contribution >= 4 is 27.1 Å². The number of hydrogen-bond acceptors (Lipinski definition) is 7. The predicted octanol–water partition coefficient (Wildman–Crippen LogP) is 0.317. The summed E-state index contributed by atoms with van der Waals surface area (Å²) in [5.74, 6) is -0.0631. The minimum Gasteiger partial charge on any atom is -0.378 e. The molecule has 0 spiro atoms. The van der Waals surface area contributed by atoms with Crippen LogP contribution in [-0.2, 0) is 19.4 Å². The lowest BCUT2D eigenvalue weighted by Gasteiger charge is -2.31. The number of amides is 1. The molecule has 2 aromatic rings. The number of carbonyl (C=O) groups excluding carboxylic acids is 1. The molecule has 0 N–H and O–H groups in total. The van der Waals surface area contributed by atoms with Gasteiger partial charge in [0.2, 0.25) is 5.91 Å². The lowest BCUT2D eigenvalue weighted by molar-refractivity contribution is -0.129. The molecule has 1 amide bonds. The van der Waals surface area contributed by atoms with Gasteiger partial charge in [-0.2, -0.15) is 5.10 Å². The maximum absolute atomic E-state index is 12.3. The van der Waals surface area contributed by atoms with E-state index in [-0.39, 0.29) is 11.8 Å². The molecule has 2 aliphatic rings. The normalized spacial score (nSPS) is 21.2. The van der Waals surface area contributed by atoms with Gasteiger partial charge < -0.3 is 14.5 Å². The van der Waals surface area contributed by atoms with Crippen LogP contribution >= 0.6 is 0 Å². The molecular formula is C18H25N5O4S. The van der Waals surface area contributed by atoms with Crippen molar-refractivity contribution in [3.63, 3.8) is 0 Å². The van der Waals surface area contributed by atoms with E-state index in [0.29, 0.717) is 18.9 Å². The van der Waals surface area contributed by atoms with Crippen LogP contribution in [-0.4, -0.2) is 85.2 Å². The second-order valence-electron chi connectivity index (χ2n) is 7.51. The van der Waals surface area contributed by atoms with E-state index in [0.717, 1.165) is 56.7 Å². The van der Waals surface area contributed by atoms with Gasteiger partial charge in [0.25, 0.3) is 0 Å². The minimum atomic E-state index is -3.33. The molecular weight excluding hydrogens is 382 g/mol. The van der Waals surface area contributed by atoms with Crippen LogP contribution in [0.5, 0.6) is 0 Å². The Labute approximate surface area is 164 Å². The number of anilines is 1. The Kier molecular flexibility index (Phi) is 5.24. The Bertz CT molecular complexity index is 968. The average molecular weight is 407 g/mol. The molecule has 0 radical (unpaired) electrons. The zero-order valence-corrected chi connectivity index (χ0v) is 16.8. The van der Waals surface area contributed by atoms with E-state index in [1.54, 1.807) is 9.42 Å². The zero-order chi connectivity index (χ0) is 19.7. The highest BCUT2D eigenvalue weighted by atomic mass is 32.2. The van der Waals surface area contributed by atoms with Crippen LogP contribution in [0.3, 0.4) is 0 Å². The van der Waals surface area contributed by atoms with E-state index in [1.807, 2.05) is 18.3 Å². The molecule has 2 aromatic heterocycles. The molecule has 0 saturated carbocycles. The van der Waals surface area contributed by atoms with Crippen molar-refractivity contribution in [2.45, 2.75) is 18.8 Å². The van der Waals surface area contributed by atoms with Gasteiger partial charge in [0.15, 0.2) is 21.3 Å². The summed E-state index contributed by atoms with van der Waals surface area (Å²) in [7, 11) is -3.33. The number of likely N-dealkylation sites (tertiary alicyclic amines) is 1. The number of nitrogens with zero attached hydrogens (tertiary/aromatic N) is 5. The van der Waals surface area contributed by atoms with E-state index >= 15 is 0 Å². The maximum Gasteiger partial charge on any atom is 0.237 e. The van der Waals surface area contributed by atoms with Gasteiger partial charge in [0, 0.05) is 38.4 Å². The number of piperidine rings is 1. The Balaban J connectivity index is 1.51. The third kappa shape index (κ3) is 4.27. The van der Waals surface area contributed by atoms with E-state index in [1.165, 1.54) is 0 Å². The first-order chi connectivity index (χ1) is 13.4. The molecule has 28 heavy (non-hydrogen) atoms. The molecule has 2 fully saturated rings. The summed E-state index contributed by atoms with van der Waals surface area (Å²) in [4.78, 5) is 20.8. The van der Waals surface area contributed by atoms with Gasteiger partial charge in [0.05, 0.1) is 25.1 Å². The van der Waals surface area contributed by atoms with Crippen LogP contribution in [0.2, 0.25) is 0 Å². The Morgan fingerprint density at radius 1 is 1.25 bits per heavy atom. The standard InChI is InChI=1S/C18H25N5O4S/c1-28(25,26)13-17(24)22-6-2-3-14(11-22)18-19-16-5-4-15(12-23(16)20-18)21-7-9-27-10-8-21/h4-5,12,14H,2-3,6-11,13H2,1H3/t14-/m0/s1. The van der Waals surface area contributed by atoms with Crippen LogP contribution in [0.25, 0.3) is 5.65 Å². The first kappa shape index (κ1) is 19.1. The molecule has 0 aromatic carbocycles. The molecule has 2 saturated heterocycles. The topological polar surface area (TPSA) is 97.1 Å². The van der Waals surface area contributed by atoms with Crippen molar-refractivity contribution in [2.24, 2.45) is 0 Å². The molecule has 0 aliphatic carbocycles. The first-order valence-corrected chi connectivity index (χ1v) is 11.6. The van der Waals surface area contributed by atoms with Gasteiger partial charge >= 0.3 is 0 Å². The van der Waals surface area contributed by atoms with Crippen LogP contribution in [0.4, 0.5) is 5.69 Å². The quantitative estimate of drug-likeness (QED) is 0.720. The molecule has 1 atom stereocenters. The third-order valence-corrected chi connectivity index (χ3v) is 6.00. The monoisotopic (exact) mass is 407 g/mol. The molecule has 10 heteroatoms. The Morgan fingerprint density at radius 2 is 2.04 bits per heavy atom. The van der Waals surface area contributed by atoms with Gasteiger partial charge in [-0.05, 0) is 25.0 Å². The molecule has 4 heterocycles. The number of rotatable bonds is 4. The number of ether oxygens (including phenoxy) is 1. The summed E-state index contributed by atoms with van der Waals surface area (Å²) in [5, 5.41) is 4.65. The fourth-order valence-electron chi connectivity index (χ4n) is 3.80. The number of hydrogen-bond donors (Lipinski definition) is 0. The highest BCUT2D eigenvalue weighted by molar-refractivity contribution is 7.91. The van der Waals surface area contributed by atoms with Crippen molar-refractivity contribution in [1.29, 1.82) is 0 Å². The lowest BCUT2D eigenvalue weighted by atomic mass is 9.97. The first-order valence-electron chi connectivity index (χ1n) is 9.53. The van der Waals surface area contributed by atoms with Gasteiger partial charge in [-0.25, -0.2) is 17.9 Å². The summed E-state index contributed by atoms with van der Waals surface area (Å²) in [5.41, 5.74) is 1.85. The number of carbonyl (C=O) groups is 1.